The number of likely N-dealkylation sites (tertiary alicyclic amines) is 1. The monoisotopic (exact) mass is 396 g/mol. The molecule has 1 amide bonds. The Bertz CT molecular complexity index is 794. The number of carbonyl (C=O) groups is 1. The van der Waals surface area contributed by atoms with Crippen molar-refractivity contribution in [3.05, 3.63) is 53.6 Å². The smallest absolute Gasteiger partial charge is 0.274 e. The fourth-order valence-electron chi connectivity index (χ4n) is 3.95. The van der Waals surface area contributed by atoms with E-state index in [1.165, 1.54) is 18.4 Å². The molecule has 0 spiro atoms. The van der Waals surface area contributed by atoms with Crippen molar-refractivity contribution >= 4 is 5.91 Å². The van der Waals surface area contributed by atoms with Crippen LogP contribution in [-0.4, -0.2) is 65.5 Å². The van der Waals surface area contributed by atoms with Gasteiger partial charge in [-0.15, -0.1) is 0 Å². The molecule has 2 heterocycles. The van der Waals surface area contributed by atoms with E-state index in [1.54, 1.807) is 19.5 Å². The molecule has 1 saturated heterocycles. The predicted molar refractivity (Wildman–Crippen MR) is 114 cm³/mol. The molecule has 1 aliphatic heterocycles. The van der Waals surface area contributed by atoms with Gasteiger partial charge in [-0.05, 0) is 63.3 Å². The zero-order valence-corrected chi connectivity index (χ0v) is 17.8. The number of ether oxygens (including phenoxy) is 1. The van der Waals surface area contributed by atoms with Crippen LogP contribution in [0.2, 0.25) is 0 Å². The number of nitrogens with zero attached hydrogens (tertiary/aromatic N) is 4. The van der Waals surface area contributed by atoms with Gasteiger partial charge in [-0.3, -0.25) is 9.78 Å². The molecule has 6 heteroatoms. The summed E-state index contributed by atoms with van der Waals surface area (Å²) in [5.74, 6) is 1.39. The summed E-state index contributed by atoms with van der Waals surface area (Å²) in [6.07, 6.45) is 6.60. The summed E-state index contributed by atoms with van der Waals surface area (Å²) in [5, 5.41) is 0. The van der Waals surface area contributed by atoms with Crippen molar-refractivity contribution in [1.82, 2.24) is 19.8 Å². The Kier molecular flexibility index (Phi) is 7.58. The fraction of sp³-hybridized carbons (Fsp3) is 0.522. The molecule has 0 radical (unpaired) electrons. The van der Waals surface area contributed by atoms with Gasteiger partial charge < -0.3 is 14.5 Å². The lowest BCUT2D eigenvalue weighted by Gasteiger charge is -2.35. The summed E-state index contributed by atoms with van der Waals surface area (Å²) in [7, 11) is 1.71. The SMILES string of the molecule is CCN(C[C@@H]1CCCN(CCc2cccc(OC)c2)C1)C(=O)c1cnc(C)cn1. The van der Waals surface area contributed by atoms with Crippen molar-refractivity contribution in [2.75, 3.05) is 39.8 Å². The van der Waals surface area contributed by atoms with E-state index in [9.17, 15) is 4.79 Å². The van der Waals surface area contributed by atoms with Crippen LogP contribution >= 0.6 is 0 Å². The van der Waals surface area contributed by atoms with Gasteiger partial charge in [0.2, 0.25) is 0 Å². The highest BCUT2D eigenvalue weighted by Crippen LogP contribution is 2.20. The molecule has 0 saturated carbocycles. The highest BCUT2D eigenvalue weighted by Gasteiger charge is 2.24. The molecule has 6 nitrogen and oxygen atoms in total. The molecule has 156 valence electrons. The Morgan fingerprint density at radius 2 is 2.17 bits per heavy atom. The highest BCUT2D eigenvalue weighted by atomic mass is 16.5. The molecule has 0 bridgehead atoms. The van der Waals surface area contributed by atoms with Crippen molar-refractivity contribution in [3.8, 4) is 5.75 Å². The molecule has 0 unspecified atom stereocenters. The van der Waals surface area contributed by atoms with E-state index in [0.717, 1.165) is 44.0 Å². The summed E-state index contributed by atoms with van der Waals surface area (Å²) in [4.78, 5) is 25.7. The van der Waals surface area contributed by atoms with E-state index >= 15 is 0 Å². The maximum absolute atomic E-state index is 12.8. The van der Waals surface area contributed by atoms with Crippen LogP contribution in [0.3, 0.4) is 0 Å². The zero-order chi connectivity index (χ0) is 20.6. The molecule has 0 aliphatic carbocycles. The molecule has 3 rings (SSSR count). The lowest BCUT2D eigenvalue weighted by molar-refractivity contribution is 0.0684. The number of methoxy groups -OCH3 is 1. The van der Waals surface area contributed by atoms with Crippen LogP contribution in [0.4, 0.5) is 0 Å². The van der Waals surface area contributed by atoms with Crippen molar-refractivity contribution in [3.63, 3.8) is 0 Å². The number of piperidine rings is 1. The molecule has 2 aromatic rings. The number of hydrogen-bond acceptors (Lipinski definition) is 5. The molecule has 1 atom stereocenters. The van der Waals surface area contributed by atoms with Crippen LogP contribution in [0.15, 0.2) is 36.7 Å². The summed E-state index contributed by atoms with van der Waals surface area (Å²) >= 11 is 0. The molecule has 0 N–H and O–H groups in total. The first-order valence-electron chi connectivity index (χ1n) is 10.5. The van der Waals surface area contributed by atoms with Gasteiger partial charge in [-0.1, -0.05) is 12.1 Å². The van der Waals surface area contributed by atoms with Gasteiger partial charge in [0.15, 0.2) is 0 Å². The second-order valence-electron chi connectivity index (χ2n) is 7.80. The largest absolute Gasteiger partial charge is 0.497 e. The van der Waals surface area contributed by atoms with Crippen molar-refractivity contribution in [2.45, 2.75) is 33.1 Å². The fourth-order valence-corrected chi connectivity index (χ4v) is 3.95. The number of aryl methyl sites for hydroxylation is 1. The van der Waals surface area contributed by atoms with Gasteiger partial charge in [0.1, 0.15) is 11.4 Å². The first kappa shape index (κ1) is 21.2. The zero-order valence-electron chi connectivity index (χ0n) is 17.8. The Labute approximate surface area is 173 Å². The minimum Gasteiger partial charge on any atom is -0.497 e. The van der Waals surface area contributed by atoms with Gasteiger partial charge in [0, 0.05) is 32.4 Å². The standard InChI is InChI=1S/C23H32N4O2/c1-4-27(23(28)22-15-24-18(2)14-25-22)17-20-8-6-11-26(16-20)12-10-19-7-5-9-21(13-19)29-3/h5,7,9,13-15,20H,4,6,8,10-12,16-17H2,1-3H3/t20-/m1/s1. The second-order valence-corrected chi connectivity index (χ2v) is 7.80. The number of amides is 1. The third-order valence-electron chi connectivity index (χ3n) is 5.60. The van der Waals surface area contributed by atoms with E-state index in [4.69, 9.17) is 4.74 Å². The number of carbonyl (C=O) groups excluding carboxylic acids is 1. The van der Waals surface area contributed by atoms with Crippen molar-refractivity contribution < 1.29 is 9.53 Å². The van der Waals surface area contributed by atoms with Crippen LogP contribution < -0.4 is 4.74 Å². The number of hydrogen-bond donors (Lipinski definition) is 0. The minimum absolute atomic E-state index is 0.0199. The summed E-state index contributed by atoms with van der Waals surface area (Å²) < 4.78 is 5.32. The topological polar surface area (TPSA) is 58.6 Å². The maximum atomic E-state index is 12.8. The predicted octanol–water partition coefficient (Wildman–Crippen LogP) is 3.21. The molecule has 29 heavy (non-hydrogen) atoms. The quantitative estimate of drug-likeness (QED) is 0.686. The van der Waals surface area contributed by atoms with Crippen LogP contribution in [0, 0.1) is 12.8 Å². The van der Waals surface area contributed by atoms with Gasteiger partial charge in [-0.25, -0.2) is 4.98 Å². The molecule has 1 fully saturated rings. The van der Waals surface area contributed by atoms with Crippen LogP contribution in [0.5, 0.6) is 5.75 Å². The summed E-state index contributed by atoms with van der Waals surface area (Å²) in [6, 6.07) is 8.30. The van der Waals surface area contributed by atoms with Gasteiger partial charge in [0.25, 0.3) is 5.91 Å². The second kappa shape index (κ2) is 10.3. The van der Waals surface area contributed by atoms with Crippen molar-refractivity contribution in [2.24, 2.45) is 5.92 Å². The Hall–Kier alpha value is -2.47. The van der Waals surface area contributed by atoms with Gasteiger partial charge in [0.05, 0.1) is 19.0 Å². The maximum Gasteiger partial charge on any atom is 0.274 e. The first-order chi connectivity index (χ1) is 14.1. The number of aromatic nitrogens is 2. The molecular formula is C23H32N4O2. The lowest BCUT2D eigenvalue weighted by Crippen LogP contribution is -2.43. The average molecular weight is 397 g/mol. The average Bonchev–Trinajstić information content (AvgIpc) is 2.76. The summed E-state index contributed by atoms with van der Waals surface area (Å²) in [5.41, 5.74) is 2.56. The Morgan fingerprint density at radius 3 is 2.90 bits per heavy atom. The van der Waals surface area contributed by atoms with E-state index in [2.05, 4.69) is 27.0 Å². The highest BCUT2D eigenvalue weighted by molar-refractivity contribution is 5.91. The van der Waals surface area contributed by atoms with E-state index < -0.39 is 0 Å². The molecular weight excluding hydrogens is 364 g/mol. The lowest BCUT2D eigenvalue weighted by atomic mass is 9.96. The van der Waals surface area contributed by atoms with Gasteiger partial charge >= 0.3 is 0 Å². The van der Waals surface area contributed by atoms with E-state index in [1.807, 2.05) is 30.9 Å². The van der Waals surface area contributed by atoms with Gasteiger partial charge in [-0.2, -0.15) is 0 Å². The third kappa shape index (κ3) is 6.00. The normalized spacial score (nSPS) is 17.1. The summed E-state index contributed by atoms with van der Waals surface area (Å²) in [6.45, 7) is 8.57. The Morgan fingerprint density at radius 1 is 1.31 bits per heavy atom. The third-order valence-corrected chi connectivity index (χ3v) is 5.60. The Balaban J connectivity index is 1.53. The van der Waals surface area contributed by atoms with Crippen LogP contribution in [0.25, 0.3) is 0 Å². The molecule has 1 aromatic carbocycles. The number of rotatable bonds is 8. The van der Waals surface area contributed by atoms with Crippen molar-refractivity contribution in [1.29, 1.82) is 0 Å². The van der Waals surface area contributed by atoms with Crippen LogP contribution in [-0.2, 0) is 6.42 Å². The first-order valence-corrected chi connectivity index (χ1v) is 10.5. The minimum atomic E-state index is -0.0199. The molecule has 1 aliphatic rings. The van der Waals surface area contributed by atoms with E-state index in [-0.39, 0.29) is 5.91 Å². The number of benzene rings is 1. The van der Waals surface area contributed by atoms with E-state index in [0.29, 0.717) is 18.2 Å². The molecule has 1 aromatic heterocycles. The van der Waals surface area contributed by atoms with Crippen LogP contribution in [0.1, 0.15) is 41.5 Å².